The molecule has 2 unspecified atom stereocenters. The fourth-order valence-corrected chi connectivity index (χ4v) is 2.87. The van der Waals surface area contributed by atoms with E-state index in [0.29, 0.717) is 0 Å². The summed E-state index contributed by atoms with van der Waals surface area (Å²) in [5.74, 6) is -0.869. The van der Waals surface area contributed by atoms with E-state index in [1.807, 2.05) is 32.0 Å². The molecule has 0 heterocycles. The molecule has 0 saturated carbocycles. The number of aliphatic carboxylic acids is 1. The zero-order valence-corrected chi connectivity index (χ0v) is 10.8. The lowest BCUT2D eigenvalue weighted by atomic mass is 10.1. The molecular formula is C12H17NO3S. The standard InChI is InChI=1S/C12H17NO3S/c1-8-3-9(2)5-10(4-8)7-17(16)11(6-13)12(14)15/h3-5,11H,6-7,13H2,1-2H3,(H,14,15). The number of nitrogens with two attached hydrogens (primary N) is 1. The number of benzene rings is 1. The van der Waals surface area contributed by atoms with Crippen molar-refractivity contribution < 1.29 is 14.1 Å². The topological polar surface area (TPSA) is 80.4 Å². The van der Waals surface area contributed by atoms with Crippen molar-refractivity contribution in [3.63, 3.8) is 0 Å². The Balaban J connectivity index is 2.83. The molecule has 0 aliphatic carbocycles. The minimum atomic E-state index is -1.48. The van der Waals surface area contributed by atoms with Crippen LogP contribution in [0.4, 0.5) is 0 Å². The Morgan fingerprint density at radius 1 is 1.35 bits per heavy atom. The van der Waals surface area contributed by atoms with Crippen LogP contribution < -0.4 is 5.73 Å². The highest BCUT2D eigenvalue weighted by molar-refractivity contribution is 7.85. The zero-order chi connectivity index (χ0) is 13.0. The van der Waals surface area contributed by atoms with Gasteiger partial charge in [-0.05, 0) is 19.4 Å². The maximum atomic E-state index is 11.9. The lowest BCUT2D eigenvalue weighted by molar-refractivity contribution is -0.136. The number of carboxylic acid groups (broad SMARTS) is 1. The summed E-state index contributed by atoms with van der Waals surface area (Å²) >= 11 is 0. The lowest BCUT2D eigenvalue weighted by Crippen LogP contribution is -2.34. The van der Waals surface area contributed by atoms with Gasteiger partial charge in [-0.3, -0.25) is 9.00 Å². The molecular weight excluding hydrogens is 238 g/mol. The van der Waals surface area contributed by atoms with E-state index in [-0.39, 0.29) is 12.3 Å². The number of carbonyl (C=O) groups is 1. The summed E-state index contributed by atoms with van der Waals surface area (Å²) in [6, 6.07) is 5.85. The van der Waals surface area contributed by atoms with Gasteiger partial charge in [0.15, 0.2) is 0 Å². The molecule has 4 nitrogen and oxygen atoms in total. The van der Waals surface area contributed by atoms with Crippen molar-refractivity contribution in [2.75, 3.05) is 6.54 Å². The summed E-state index contributed by atoms with van der Waals surface area (Å²) in [7, 11) is -1.48. The van der Waals surface area contributed by atoms with Crippen molar-refractivity contribution in [1.82, 2.24) is 0 Å². The van der Waals surface area contributed by atoms with Gasteiger partial charge in [-0.2, -0.15) is 0 Å². The zero-order valence-electron chi connectivity index (χ0n) is 9.97. The van der Waals surface area contributed by atoms with E-state index in [1.54, 1.807) is 0 Å². The van der Waals surface area contributed by atoms with Gasteiger partial charge in [0, 0.05) is 23.1 Å². The van der Waals surface area contributed by atoms with Crippen LogP contribution >= 0.6 is 0 Å². The molecule has 0 aliphatic heterocycles. The normalized spacial score (nSPS) is 14.3. The number of hydrogen-bond acceptors (Lipinski definition) is 3. The Morgan fingerprint density at radius 2 is 1.88 bits per heavy atom. The Hall–Kier alpha value is -1.20. The molecule has 0 radical (unpaired) electrons. The van der Waals surface area contributed by atoms with Gasteiger partial charge in [0.05, 0.1) is 0 Å². The predicted molar refractivity (Wildman–Crippen MR) is 68.2 cm³/mol. The Morgan fingerprint density at radius 3 is 2.29 bits per heavy atom. The number of hydrogen-bond donors (Lipinski definition) is 2. The number of carboxylic acids is 1. The van der Waals surface area contributed by atoms with Crippen molar-refractivity contribution in [1.29, 1.82) is 0 Å². The first kappa shape index (κ1) is 13.9. The molecule has 1 rings (SSSR count). The van der Waals surface area contributed by atoms with E-state index < -0.39 is 22.0 Å². The van der Waals surface area contributed by atoms with Crippen molar-refractivity contribution >= 4 is 16.8 Å². The third kappa shape index (κ3) is 3.94. The van der Waals surface area contributed by atoms with Crippen LogP contribution in [0.2, 0.25) is 0 Å². The third-order valence-corrected chi connectivity index (χ3v) is 4.04. The monoisotopic (exact) mass is 255 g/mol. The highest BCUT2D eigenvalue weighted by atomic mass is 32.2. The van der Waals surface area contributed by atoms with E-state index in [1.165, 1.54) is 0 Å². The van der Waals surface area contributed by atoms with Crippen molar-refractivity contribution in [2.24, 2.45) is 5.73 Å². The summed E-state index contributed by atoms with van der Waals surface area (Å²) in [6.45, 7) is 3.81. The van der Waals surface area contributed by atoms with E-state index in [9.17, 15) is 9.00 Å². The van der Waals surface area contributed by atoms with Crippen molar-refractivity contribution in [2.45, 2.75) is 24.9 Å². The average Bonchev–Trinajstić information content (AvgIpc) is 2.15. The van der Waals surface area contributed by atoms with Crippen LogP contribution in [-0.4, -0.2) is 27.1 Å². The molecule has 0 amide bonds. The van der Waals surface area contributed by atoms with Crippen LogP contribution in [0.1, 0.15) is 16.7 Å². The summed E-state index contributed by atoms with van der Waals surface area (Å²) in [5, 5.41) is 7.87. The maximum Gasteiger partial charge on any atom is 0.320 e. The van der Waals surface area contributed by atoms with E-state index in [4.69, 9.17) is 10.8 Å². The first-order valence-corrected chi connectivity index (χ1v) is 6.69. The summed E-state index contributed by atoms with van der Waals surface area (Å²) in [4.78, 5) is 10.8. The highest BCUT2D eigenvalue weighted by Gasteiger charge is 2.22. The molecule has 94 valence electrons. The average molecular weight is 255 g/mol. The van der Waals surface area contributed by atoms with Gasteiger partial charge in [0.25, 0.3) is 0 Å². The molecule has 1 aromatic carbocycles. The van der Waals surface area contributed by atoms with Crippen molar-refractivity contribution in [3.8, 4) is 0 Å². The van der Waals surface area contributed by atoms with E-state index in [0.717, 1.165) is 16.7 Å². The Bertz CT molecular complexity index is 425. The molecule has 5 heteroatoms. The number of aryl methyl sites for hydroxylation is 2. The molecule has 0 fully saturated rings. The van der Waals surface area contributed by atoms with Gasteiger partial charge >= 0.3 is 5.97 Å². The van der Waals surface area contributed by atoms with E-state index in [2.05, 4.69) is 0 Å². The summed E-state index contributed by atoms with van der Waals surface area (Å²) in [5.41, 5.74) is 8.36. The number of rotatable bonds is 5. The molecule has 0 bridgehead atoms. The fraction of sp³-hybridized carbons (Fsp3) is 0.417. The minimum Gasteiger partial charge on any atom is -0.480 e. The van der Waals surface area contributed by atoms with Gasteiger partial charge in [-0.25, -0.2) is 0 Å². The lowest BCUT2D eigenvalue weighted by Gasteiger charge is -2.10. The first-order chi connectivity index (χ1) is 7.93. The van der Waals surface area contributed by atoms with Crippen LogP contribution in [0.15, 0.2) is 18.2 Å². The molecule has 2 atom stereocenters. The second-order valence-corrected chi connectivity index (χ2v) is 5.70. The smallest absolute Gasteiger partial charge is 0.320 e. The second-order valence-electron chi connectivity index (χ2n) is 4.08. The van der Waals surface area contributed by atoms with Gasteiger partial charge in [-0.1, -0.05) is 29.3 Å². The Kier molecular flexibility index (Phi) is 4.84. The van der Waals surface area contributed by atoms with Gasteiger partial charge in [0.1, 0.15) is 5.25 Å². The quantitative estimate of drug-likeness (QED) is 0.821. The predicted octanol–water partition coefficient (Wildman–Crippen LogP) is 0.964. The highest BCUT2D eigenvalue weighted by Crippen LogP contribution is 2.12. The van der Waals surface area contributed by atoms with Gasteiger partial charge in [-0.15, -0.1) is 0 Å². The Labute approximate surface area is 103 Å². The molecule has 0 aromatic heterocycles. The molecule has 17 heavy (non-hydrogen) atoms. The SMILES string of the molecule is Cc1cc(C)cc(CS(=O)C(CN)C(=O)O)c1. The fourth-order valence-electron chi connectivity index (χ4n) is 1.74. The molecule has 0 saturated heterocycles. The van der Waals surface area contributed by atoms with Crippen LogP contribution in [0, 0.1) is 13.8 Å². The van der Waals surface area contributed by atoms with Gasteiger partial charge in [0.2, 0.25) is 0 Å². The van der Waals surface area contributed by atoms with Crippen LogP contribution in [-0.2, 0) is 21.3 Å². The summed E-state index contributed by atoms with van der Waals surface area (Å²) in [6.07, 6.45) is 0. The van der Waals surface area contributed by atoms with Crippen LogP contribution in [0.5, 0.6) is 0 Å². The van der Waals surface area contributed by atoms with E-state index >= 15 is 0 Å². The summed E-state index contributed by atoms with van der Waals surface area (Å²) < 4.78 is 11.9. The van der Waals surface area contributed by atoms with Crippen LogP contribution in [0.25, 0.3) is 0 Å². The molecule has 3 N–H and O–H groups in total. The van der Waals surface area contributed by atoms with Crippen LogP contribution in [0.3, 0.4) is 0 Å². The largest absolute Gasteiger partial charge is 0.480 e. The minimum absolute atomic E-state index is 0.104. The maximum absolute atomic E-state index is 11.9. The van der Waals surface area contributed by atoms with Crippen molar-refractivity contribution in [3.05, 3.63) is 34.9 Å². The molecule has 0 aliphatic rings. The second kappa shape index (κ2) is 5.93. The van der Waals surface area contributed by atoms with Gasteiger partial charge < -0.3 is 10.8 Å². The third-order valence-electron chi connectivity index (χ3n) is 2.40. The first-order valence-electron chi connectivity index (χ1n) is 5.31. The molecule has 1 aromatic rings. The molecule has 0 spiro atoms.